The van der Waals surface area contributed by atoms with E-state index in [1.807, 2.05) is 12.1 Å². The van der Waals surface area contributed by atoms with Gasteiger partial charge < -0.3 is 20.2 Å². The normalized spacial score (nSPS) is 23.1. The quantitative estimate of drug-likeness (QED) is 0.723. The number of hydrogen-bond donors (Lipinski definition) is 3. The van der Waals surface area contributed by atoms with Gasteiger partial charge in [-0.15, -0.1) is 0 Å². The number of rotatable bonds is 4. The molecule has 1 saturated carbocycles. The van der Waals surface area contributed by atoms with E-state index < -0.39 is 11.9 Å². The highest BCUT2D eigenvalue weighted by Gasteiger charge is 2.39. The topological polar surface area (TPSA) is 98.1 Å². The van der Waals surface area contributed by atoms with Gasteiger partial charge in [-0.05, 0) is 44.6 Å². The summed E-state index contributed by atoms with van der Waals surface area (Å²) in [5, 5.41) is 25.3. The minimum absolute atomic E-state index is 0.167. The zero-order valence-corrected chi connectivity index (χ0v) is 15.0. The summed E-state index contributed by atoms with van der Waals surface area (Å²) in [6.45, 7) is 2.34. The van der Waals surface area contributed by atoms with Crippen LogP contribution in [0.3, 0.4) is 0 Å². The molecule has 1 aliphatic carbocycles. The Morgan fingerprint density at radius 3 is 2.24 bits per heavy atom. The van der Waals surface area contributed by atoms with Crippen LogP contribution in [-0.4, -0.2) is 52.3 Å². The summed E-state index contributed by atoms with van der Waals surface area (Å²) in [4.78, 5) is 21.4. The first-order chi connectivity index (χ1) is 11.7. The first kappa shape index (κ1) is 20.7. The average molecular weight is 349 g/mol. The molecule has 0 spiro atoms. The van der Waals surface area contributed by atoms with E-state index in [2.05, 4.69) is 32.0 Å². The summed E-state index contributed by atoms with van der Waals surface area (Å²) in [7, 11) is 4.33. The van der Waals surface area contributed by atoms with Crippen LogP contribution in [0.1, 0.15) is 38.2 Å². The summed E-state index contributed by atoms with van der Waals surface area (Å²) >= 11 is 0. The minimum Gasteiger partial charge on any atom is -0.508 e. The van der Waals surface area contributed by atoms with E-state index in [9.17, 15) is 14.7 Å². The third-order valence-electron chi connectivity index (χ3n) is 4.66. The molecular formula is C19H27NO5. The van der Waals surface area contributed by atoms with Gasteiger partial charge in [-0.1, -0.05) is 31.9 Å². The predicted octanol–water partition coefficient (Wildman–Crippen LogP) is 2.87. The van der Waals surface area contributed by atoms with E-state index in [-0.39, 0.29) is 5.41 Å². The zero-order chi connectivity index (χ0) is 19.0. The molecule has 2 rings (SSSR count). The minimum atomic E-state index is -1.26. The van der Waals surface area contributed by atoms with Crippen LogP contribution in [-0.2, 0) is 15.0 Å². The second kappa shape index (κ2) is 9.22. The lowest BCUT2D eigenvalue weighted by molar-refractivity contribution is -0.134. The molecule has 1 fully saturated rings. The Labute approximate surface area is 148 Å². The largest absolute Gasteiger partial charge is 0.508 e. The van der Waals surface area contributed by atoms with Crippen LogP contribution in [0, 0.1) is 0 Å². The Hall–Kier alpha value is -2.34. The summed E-state index contributed by atoms with van der Waals surface area (Å²) in [6, 6.07) is 8.36. The number of nitrogens with zero attached hydrogens (tertiary/aromatic N) is 1. The monoisotopic (exact) mass is 349 g/mol. The third kappa shape index (κ3) is 6.23. The number of hydrogen-bond acceptors (Lipinski definition) is 4. The molecule has 138 valence electrons. The molecule has 0 saturated heterocycles. The highest BCUT2D eigenvalue weighted by molar-refractivity contribution is 5.89. The molecule has 25 heavy (non-hydrogen) atoms. The molecule has 1 aromatic carbocycles. The lowest BCUT2D eigenvalue weighted by Crippen LogP contribution is -2.48. The molecule has 2 atom stereocenters. The molecule has 0 heterocycles. The van der Waals surface area contributed by atoms with Crippen LogP contribution in [0.15, 0.2) is 36.4 Å². The SMILES string of the molecule is CN(C)C1CCCCC1(C)c1cccc(O)c1.O=C(O)/C=C\C(=O)O. The molecule has 1 aromatic rings. The van der Waals surface area contributed by atoms with E-state index in [1.165, 1.54) is 31.2 Å². The number of carboxylic acids is 2. The standard InChI is InChI=1S/C15H23NO.C4H4O4/c1-15(12-7-6-8-13(17)11-12)10-5-4-9-14(15)16(2)3;5-3(6)1-2-4(7)8/h6-8,11,14,17H,4-5,9-10H2,1-3H3;1-2H,(H,5,6)(H,7,8)/b;2-1-. The maximum Gasteiger partial charge on any atom is 0.328 e. The third-order valence-corrected chi connectivity index (χ3v) is 4.66. The number of aliphatic carboxylic acids is 2. The lowest BCUT2D eigenvalue weighted by atomic mass is 9.67. The smallest absolute Gasteiger partial charge is 0.328 e. The van der Waals surface area contributed by atoms with Gasteiger partial charge in [0.1, 0.15) is 5.75 Å². The Morgan fingerprint density at radius 1 is 1.16 bits per heavy atom. The fourth-order valence-electron chi connectivity index (χ4n) is 3.48. The van der Waals surface area contributed by atoms with Crippen molar-refractivity contribution in [1.29, 1.82) is 0 Å². The van der Waals surface area contributed by atoms with Gasteiger partial charge in [-0.3, -0.25) is 0 Å². The molecule has 2 unspecified atom stereocenters. The molecule has 0 aliphatic heterocycles. The number of likely N-dealkylation sites (N-methyl/N-ethyl adjacent to an activating group) is 1. The Morgan fingerprint density at radius 2 is 1.76 bits per heavy atom. The van der Waals surface area contributed by atoms with Crippen molar-refractivity contribution in [2.45, 2.75) is 44.1 Å². The lowest BCUT2D eigenvalue weighted by Gasteiger charge is -2.45. The highest BCUT2D eigenvalue weighted by atomic mass is 16.4. The van der Waals surface area contributed by atoms with Gasteiger partial charge in [-0.2, -0.15) is 0 Å². The fraction of sp³-hybridized carbons (Fsp3) is 0.474. The fourth-order valence-corrected chi connectivity index (χ4v) is 3.48. The number of carbonyl (C=O) groups is 2. The molecule has 6 nitrogen and oxygen atoms in total. The van der Waals surface area contributed by atoms with E-state index >= 15 is 0 Å². The van der Waals surface area contributed by atoms with Crippen molar-refractivity contribution >= 4 is 11.9 Å². The van der Waals surface area contributed by atoms with Gasteiger partial charge in [0.15, 0.2) is 0 Å². The zero-order valence-electron chi connectivity index (χ0n) is 15.0. The Kier molecular flexibility index (Phi) is 7.64. The van der Waals surface area contributed by atoms with Crippen molar-refractivity contribution in [3.63, 3.8) is 0 Å². The number of phenols is 1. The first-order valence-corrected chi connectivity index (χ1v) is 8.26. The van der Waals surface area contributed by atoms with Crippen LogP contribution in [0.5, 0.6) is 5.75 Å². The van der Waals surface area contributed by atoms with Gasteiger partial charge in [0, 0.05) is 23.6 Å². The number of benzene rings is 1. The van der Waals surface area contributed by atoms with E-state index in [0.717, 1.165) is 0 Å². The van der Waals surface area contributed by atoms with Crippen molar-refractivity contribution in [2.24, 2.45) is 0 Å². The van der Waals surface area contributed by atoms with Crippen LogP contribution in [0.25, 0.3) is 0 Å². The van der Waals surface area contributed by atoms with Crippen molar-refractivity contribution < 1.29 is 24.9 Å². The van der Waals surface area contributed by atoms with E-state index in [1.54, 1.807) is 6.07 Å². The molecule has 6 heteroatoms. The summed E-state index contributed by atoms with van der Waals surface area (Å²) in [5.74, 6) is -2.13. The molecule has 0 aromatic heterocycles. The van der Waals surface area contributed by atoms with Crippen LogP contribution in [0.4, 0.5) is 0 Å². The summed E-state index contributed by atoms with van der Waals surface area (Å²) in [6.07, 6.45) is 6.18. The van der Waals surface area contributed by atoms with Gasteiger partial charge in [0.2, 0.25) is 0 Å². The van der Waals surface area contributed by atoms with Crippen LogP contribution >= 0.6 is 0 Å². The molecule has 0 amide bonds. The van der Waals surface area contributed by atoms with Crippen LogP contribution < -0.4 is 0 Å². The van der Waals surface area contributed by atoms with Gasteiger partial charge in [0.05, 0.1) is 0 Å². The summed E-state index contributed by atoms with van der Waals surface area (Å²) < 4.78 is 0. The van der Waals surface area contributed by atoms with E-state index in [4.69, 9.17) is 10.2 Å². The van der Waals surface area contributed by atoms with Gasteiger partial charge in [0.25, 0.3) is 0 Å². The van der Waals surface area contributed by atoms with Gasteiger partial charge in [-0.25, -0.2) is 9.59 Å². The molecule has 0 radical (unpaired) electrons. The predicted molar refractivity (Wildman–Crippen MR) is 95.8 cm³/mol. The Balaban J connectivity index is 0.000000333. The molecule has 1 aliphatic rings. The Bertz CT molecular complexity index is 610. The average Bonchev–Trinajstić information content (AvgIpc) is 2.53. The van der Waals surface area contributed by atoms with E-state index in [0.29, 0.717) is 23.9 Å². The second-order valence-corrected chi connectivity index (χ2v) is 6.70. The van der Waals surface area contributed by atoms with Gasteiger partial charge >= 0.3 is 11.9 Å². The molecule has 0 bridgehead atoms. The summed E-state index contributed by atoms with van der Waals surface area (Å²) in [5.41, 5.74) is 1.44. The van der Waals surface area contributed by atoms with Crippen molar-refractivity contribution in [1.82, 2.24) is 4.90 Å². The maximum absolute atomic E-state index is 9.67. The second-order valence-electron chi connectivity index (χ2n) is 6.70. The van der Waals surface area contributed by atoms with Crippen molar-refractivity contribution in [3.05, 3.63) is 42.0 Å². The maximum atomic E-state index is 9.67. The number of phenolic OH excluding ortho intramolecular Hbond substituents is 1. The number of carboxylic acid groups (broad SMARTS) is 2. The van der Waals surface area contributed by atoms with Crippen LogP contribution in [0.2, 0.25) is 0 Å². The first-order valence-electron chi connectivity index (χ1n) is 8.26. The highest BCUT2D eigenvalue weighted by Crippen LogP contribution is 2.41. The van der Waals surface area contributed by atoms with Crippen molar-refractivity contribution in [3.8, 4) is 5.75 Å². The van der Waals surface area contributed by atoms with Crippen molar-refractivity contribution in [2.75, 3.05) is 14.1 Å². The molecule has 3 N–H and O–H groups in total. The molecular weight excluding hydrogens is 322 g/mol. The number of aromatic hydroxyl groups is 1.